The van der Waals surface area contributed by atoms with Crippen molar-refractivity contribution in [2.75, 3.05) is 6.61 Å². The van der Waals surface area contributed by atoms with E-state index < -0.39 is 24.5 Å². The molecule has 0 radical (unpaired) electrons. The molecule has 10 heteroatoms. The Hall–Kier alpha value is -2.16. The average molecular weight is 388 g/mol. The second-order valence-electron chi connectivity index (χ2n) is 4.49. The van der Waals surface area contributed by atoms with E-state index in [1.807, 2.05) is 0 Å². The topological polar surface area (TPSA) is 111 Å². The first-order valence-corrected chi connectivity index (χ1v) is 8.14. The predicted molar refractivity (Wildman–Crippen MR) is 90.0 cm³/mol. The number of amides is 3. The van der Waals surface area contributed by atoms with E-state index in [4.69, 9.17) is 33.7 Å². The number of esters is 1. The second kappa shape index (κ2) is 8.09. The summed E-state index contributed by atoms with van der Waals surface area (Å²) in [6.07, 6.45) is -0.136. The van der Waals surface area contributed by atoms with Crippen LogP contribution >= 0.6 is 34.5 Å². The Morgan fingerprint density at radius 2 is 1.92 bits per heavy atom. The highest BCUT2D eigenvalue weighted by Gasteiger charge is 2.15. The molecule has 1 aromatic carbocycles. The van der Waals surface area contributed by atoms with Crippen molar-refractivity contribution in [2.24, 2.45) is 5.73 Å². The van der Waals surface area contributed by atoms with Gasteiger partial charge in [-0.15, -0.1) is 11.3 Å². The summed E-state index contributed by atoms with van der Waals surface area (Å²) in [5, 5.41) is 4.92. The summed E-state index contributed by atoms with van der Waals surface area (Å²) >= 11 is 13.5. The fourth-order valence-electron chi connectivity index (χ4n) is 1.72. The Morgan fingerprint density at radius 1 is 1.25 bits per heavy atom. The number of imide groups is 1. The number of rotatable bonds is 5. The van der Waals surface area contributed by atoms with Gasteiger partial charge in [-0.05, 0) is 12.1 Å². The number of urea groups is 1. The number of carbonyl (C=O) groups excluding carboxylic acids is 3. The van der Waals surface area contributed by atoms with E-state index in [0.29, 0.717) is 26.3 Å². The molecule has 0 bridgehead atoms. The number of hydrogen-bond donors (Lipinski definition) is 2. The van der Waals surface area contributed by atoms with Gasteiger partial charge >= 0.3 is 12.0 Å². The molecule has 24 heavy (non-hydrogen) atoms. The maximum absolute atomic E-state index is 11.7. The van der Waals surface area contributed by atoms with Crippen molar-refractivity contribution in [3.05, 3.63) is 39.3 Å². The molecule has 7 nitrogen and oxygen atoms in total. The molecule has 0 unspecified atom stereocenters. The summed E-state index contributed by atoms with van der Waals surface area (Å²) in [5.74, 6) is -1.48. The minimum absolute atomic E-state index is 0.136. The van der Waals surface area contributed by atoms with Crippen LogP contribution in [0.2, 0.25) is 10.0 Å². The third-order valence-corrected chi connectivity index (χ3v) is 4.22. The number of aromatic nitrogens is 1. The van der Waals surface area contributed by atoms with Gasteiger partial charge in [-0.3, -0.25) is 14.9 Å². The fourth-order valence-corrected chi connectivity index (χ4v) is 3.30. The van der Waals surface area contributed by atoms with Crippen LogP contribution < -0.4 is 11.1 Å². The molecule has 0 aliphatic rings. The number of nitrogens with two attached hydrogens (primary N) is 1. The van der Waals surface area contributed by atoms with Gasteiger partial charge < -0.3 is 10.5 Å². The molecule has 0 atom stereocenters. The van der Waals surface area contributed by atoms with Crippen LogP contribution in [-0.4, -0.2) is 29.5 Å². The van der Waals surface area contributed by atoms with Crippen LogP contribution in [0.1, 0.15) is 5.69 Å². The van der Waals surface area contributed by atoms with Crippen molar-refractivity contribution in [2.45, 2.75) is 6.42 Å². The van der Waals surface area contributed by atoms with Gasteiger partial charge in [0.25, 0.3) is 5.91 Å². The summed E-state index contributed by atoms with van der Waals surface area (Å²) in [6, 6.07) is 4.08. The highest BCUT2D eigenvalue weighted by molar-refractivity contribution is 7.13. The van der Waals surface area contributed by atoms with E-state index in [9.17, 15) is 14.4 Å². The van der Waals surface area contributed by atoms with Crippen LogP contribution in [0.25, 0.3) is 10.6 Å². The Bertz CT molecular complexity index is 774. The first-order valence-electron chi connectivity index (χ1n) is 6.50. The quantitative estimate of drug-likeness (QED) is 0.764. The van der Waals surface area contributed by atoms with Gasteiger partial charge in [-0.25, -0.2) is 9.78 Å². The zero-order valence-electron chi connectivity index (χ0n) is 12.0. The van der Waals surface area contributed by atoms with E-state index in [1.54, 1.807) is 28.9 Å². The SMILES string of the molecule is NC(=O)NC(=O)COC(=O)Cc1csc(-c2c(Cl)cccc2Cl)n1. The summed E-state index contributed by atoms with van der Waals surface area (Å²) in [7, 11) is 0. The molecule has 2 rings (SSSR count). The van der Waals surface area contributed by atoms with Gasteiger partial charge in [0.1, 0.15) is 5.01 Å². The normalized spacial score (nSPS) is 10.2. The highest BCUT2D eigenvalue weighted by Crippen LogP contribution is 2.36. The Morgan fingerprint density at radius 3 is 2.54 bits per heavy atom. The summed E-state index contributed by atoms with van der Waals surface area (Å²) in [4.78, 5) is 37.6. The number of benzene rings is 1. The monoisotopic (exact) mass is 387 g/mol. The number of ether oxygens (including phenoxy) is 1. The Labute approximate surface area is 150 Å². The molecule has 1 heterocycles. The van der Waals surface area contributed by atoms with Gasteiger partial charge in [0.15, 0.2) is 6.61 Å². The van der Waals surface area contributed by atoms with E-state index >= 15 is 0 Å². The lowest BCUT2D eigenvalue weighted by Gasteiger charge is -2.03. The standard InChI is InChI=1S/C14H11Cl2N3O4S/c15-8-2-1-3-9(16)12(8)13-18-7(6-24-13)4-11(21)23-5-10(20)19-14(17)22/h1-3,6H,4-5H2,(H3,17,19,20,22). The van der Waals surface area contributed by atoms with E-state index in [0.717, 1.165) is 0 Å². The third kappa shape index (κ3) is 4.92. The second-order valence-corrected chi connectivity index (χ2v) is 6.16. The smallest absolute Gasteiger partial charge is 0.318 e. The van der Waals surface area contributed by atoms with Gasteiger partial charge in [-0.1, -0.05) is 29.3 Å². The molecule has 0 fully saturated rings. The average Bonchev–Trinajstić information content (AvgIpc) is 2.92. The number of primary amides is 1. The van der Waals surface area contributed by atoms with Crippen LogP contribution in [0.4, 0.5) is 4.79 Å². The lowest BCUT2D eigenvalue weighted by atomic mass is 10.2. The third-order valence-electron chi connectivity index (χ3n) is 2.68. The maximum atomic E-state index is 11.7. The molecule has 1 aromatic heterocycles. The molecule has 0 aliphatic heterocycles. The number of thiazole rings is 1. The zero-order valence-corrected chi connectivity index (χ0v) is 14.4. The minimum Gasteiger partial charge on any atom is -0.455 e. The number of nitrogens with zero attached hydrogens (tertiary/aromatic N) is 1. The lowest BCUT2D eigenvalue weighted by Crippen LogP contribution is -2.37. The Kier molecular flexibility index (Phi) is 6.13. The van der Waals surface area contributed by atoms with Crippen LogP contribution in [0.15, 0.2) is 23.6 Å². The molecule has 126 valence electrons. The predicted octanol–water partition coefficient (Wildman–Crippen LogP) is 2.40. The first-order chi connectivity index (χ1) is 11.4. The number of halogens is 2. The summed E-state index contributed by atoms with van der Waals surface area (Å²) in [6.45, 7) is -0.602. The minimum atomic E-state index is -1.02. The molecule has 2 aromatic rings. The molecule has 0 aliphatic carbocycles. The van der Waals surface area contributed by atoms with Gasteiger partial charge in [-0.2, -0.15) is 0 Å². The van der Waals surface area contributed by atoms with Crippen LogP contribution in [0.5, 0.6) is 0 Å². The maximum Gasteiger partial charge on any atom is 0.318 e. The van der Waals surface area contributed by atoms with E-state index in [1.165, 1.54) is 11.3 Å². The van der Waals surface area contributed by atoms with E-state index in [-0.39, 0.29) is 6.42 Å². The molecule has 0 saturated heterocycles. The van der Waals surface area contributed by atoms with Crippen LogP contribution in [-0.2, 0) is 20.7 Å². The Balaban J connectivity index is 1.98. The van der Waals surface area contributed by atoms with Gasteiger partial charge in [0, 0.05) is 10.9 Å². The van der Waals surface area contributed by atoms with E-state index in [2.05, 4.69) is 4.98 Å². The number of nitrogens with one attached hydrogen (secondary N) is 1. The highest BCUT2D eigenvalue weighted by atomic mass is 35.5. The molecular formula is C14H11Cl2N3O4S. The van der Waals surface area contributed by atoms with Crippen molar-refractivity contribution in [3.8, 4) is 10.6 Å². The fraction of sp³-hybridized carbons (Fsp3) is 0.143. The van der Waals surface area contributed by atoms with Crippen LogP contribution in [0, 0.1) is 0 Å². The van der Waals surface area contributed by atoms with Crippen molar-refractivity contribution >= 4 is 52.4 Å². The van der Waals surface area contributed by atoms with Crippen molar-refractivity contribution in [1.82, 2.24) is 10.3 Å². The molecule has 3 N–H and O–H groups in total. The molecule has 0 spiro atoms. The molecular weight excluding hydrogens is 377 g/mol. The van der Waals surface area contributed by atoms with Crippen molar-refractivity contribution < 1.29 is 19.1 Å². The van der Waals surface area contributed by atoms with Gasteiger partial charge in [0.05, 0.1) is 22.2 Å². The zero-order chi connectivity index (χ0) is 17.7. The first kappa shape index (κ1) is 18.2. The van der Waals surface area contributed by atoms with Gasteiger partial charge in [0.2, 0.25) is 0 Å². The molecule has 0 saturated carbocycles. The lowest BCUT2D eigenvalue weighted by molar-refractivity contribution is -0.147. The van der Waals surface area contributed by atoms with Crippen molar-refractivity contribution in [3.63, 3.8) is 0 Å². The van der Waals surface area contributed by atoms with Crippen molar-refractivity contribution in [1.29, 1.82) is 0 Å². The summed E-state index contributed by atoms with van der Waals surface area (Å²) in [5.41, 5.74) is 5.80. The summed E-state index contributed by atoms with van der Waals surface area (Å²) < 4.78 is 4.72. The number of carbonyl (C=O) groups is 3. The molecule has 3 amide bonds. The number of hydrogen-bond acceptors (Lipinski definition) is 6. The largest absolute Gasteiger partial charge is 0.455 e. The van der Waals surface area contributed by atoms with Crippen LogP contribution in [0.3, 0.4) is 0 Å².